The molecule has 0 aromatic heterocycles. The second-order valence-corrected chi connectivity index (χ2v) is 13.5. The highest BCUT2D eigenvalue weighted by Crippen LogP contribution is 2.31. The van der Waals surface area contributed by atoms with Gasteiger partial charge in [-0.3, -0.25) is 4.79 Å². The topological polar surface area (TPSA) is 54.4 Å². The van der Waals surface area contributed by atoms with Crippen molar-refractivity contribution in [2.75, 3.05) is 0 Å². The quantitative estimate of drug-likeness (QED) is 0.452. The van der Waals surface area contributed by atoms with E-state index in [0.29, 0.717) is 5.56 Å². The molecule has 188 valence electrons. The highest BCUT2D eigenvalue weighted by molar-refractivity contribution is 5.94. The molecule has 34 heavy (non-hydrogen) atoms. The van der Waals surface area contributed by atoms with Crippen LogP contribution in [0.4, 0.5) is 0 Å². The molecule has 0 saturated carbocycles. The Balaban J connectivity index is 0.000000340. The van der Waals surface area contributed by atoms with Crippen LogP contribution in [0.5, 0.6) is 0 Å². The van der Waals surface area contributed by atoms with E-state index in [4.69, 9.17) is 5.11 Å². The number of aromatic carboxylic acids is 1. The molecule has 0 radical (unpaired) electrons. The lowest BCUT2D eigenvalue weighted by atomic mass is 9.79. The summed E-state index contributed by atoms with van der Waals surface area (Å²) in [6, 6.07) is 11.9. The van der Waals surface area contributed by atoms with E-state index in [1.54, 1.807) is 19.1 Å². The van der Waals surface area contributed by atoms with Crippen LogP contribution in [0, 0.1) is 0 Å². The maximum atomic E-state index is 11.6. The summed E-state index contributed by atoms with van der Waals surface area (Å²) in [6.45, 7) is 27.3. The molecular weight excluding hydrogens is 420 g/mol. The molecule has 3 nitrogen and oxygen atoms in total. The normalized spacial score (nSPS) is 12.6. The Hall–Kier alpha value is -2.42. The Morgan fingerprint density at radius 1 is 0.500 bits per heavy atom. The summed E-state index contributed by atoms with van der Waals surface area (Å²) in [5.41, 5.74) is 5.88. The SMILES string of the molecule is CC(=O)c1cc(C(C)(C)C)cc(C(C)(C)C)c1.CC(C)(C)c1cc(C(=O)O)cc(C(C)(C)C)c1. The molecule has 0 saturated heterocycles. The van der Waals surface area contributed by atoms with E-state index in [1.165, 1.54) is 11.1 Å². The van der Waals surface area contributed by atoms with E-state index in [2.05, 4.69) is 95.2 Å². The number of Topliss-reactive ketones (excluding diaryl/α,β-unsaturated/α-hetero) is 1. The highest BCUT2D eigenvalue weighted by atomic mass is 16.4. The van der Waals surface area contributed by atoms with Gasteiger partial charge in [0.05, 0.1) is 5.56 Å². The molecular formula is C31H46O3. The third-order valence-corrected chi connectivity index (χ3v) is 5.98. The summed E-state index contributed by atoms with van der Waals surface area (Å²) >= 11 is 0. The third kappa shape index (κ3) is 8.42. The first-order valence-electron chi connectivity index (χ1n) is 12.1. The van der Waals surface area contributed by atoms with E-state index in [0.717, 1.165) is 16.7 Å². The Morgan fingerprint density at radius 2 is 0.735 bits per heavy atom. The number of rotatable bonds is 2. The molecule has 0 amide bonds. The molecule has 2 aromatic rings. The zero-order chi connectivity index (χ0) is 26.9. The number of benzene rings is 2. The summed E-state index contributed by atoms with van der Waals surface area (Å²) in [5, 5.41) is 9.17. The number of carbonyl (C=O) groups excluding carboxylic acids is 1. The van der Waals surface area contributed by atoms with Crippen LogP contribution in [0.1, 0.15) is 133 Å². The van der Waals surface area contributed by atoms with Crippen molar-refractivity contribution in [3.8, 4) is 0 Å². The Kier molecular flexibility index (Phi) is 8.76. The molecule has 0 aliphatic rings. The van der Waals surface area contributed by atoms with Crippen molar-refractivity contribution in [1.82, 2.24) is 0 Å². The van der Waals surface area contributed by atoms with Gasteiger partial charge in [0.1, 0.15) is 0 Å². The second kappa shape index (κ2) is 10.1. The maximum Gasteiger partial charge on any atom is 0.335 e. The van der Waals surface area contributed by atoms with Crippen LogP contribution in [-0.4, -0.2) is 16.9 Å². The van der Waals surface area contributed by atoms with Crippen molar-refractivity contribution in [3.05, 3.63) is 69.8 Å². The lowest BCUT2D eigenvalue weighted by Crippen LogP contribution is -2.18. The van der Waals surface area contributed by atoms with Crippen LogP contribution >= 0.6 is 0 Å². The first-order valence-corrected chi connectivity index (χ1v) is 12.1. The molecule has 3 heteroatoms. The number of ketones is 1. The van der Waals surface area contributed by atoms with Gasteiger partial charge in [-0.15, -0.1) is 0 Å². The molecule has 0 aliphatic heterocycles. The number of hydrogen-bond donors (Lipinski definition) is 1. The molecule has 0 aliphatic carbocycles. The third-order valence-electron chi connectivity index (χ3n) is 5.98. The fourth-order valence-electron chi connectivity index (χ4n) is 3.31. The summed E-state index contributed by atoms with van der Waals surface area (Å²) < 4.78 is 0. The van der Waals surface area contributed by atoms with Gasteiger partial charge >= 0.3 is 5.97 Å². The molecule has 1 N–H and O–H groups in total. The van der Waals surface area contributed by atoms with Gasteiger partial charge in [0, 0.05) is 5.56 Å². The van der Waals surface area contributed by atoms with Crippen molar-refractivity contribution in [2.45, 2.75) is 112 Å². The van der Waals surface area contributed by atoms with Gasteiger partial charge < -0.3 is 5.11 Å². The fraction of sp³-hybridized carbons (Fsp3) is 0.548. The van der Waals surface area contributed by atoms with Crippen molar-refractivity contribution < 1.29 is 14.7 Å². The number of carboxylic acids is 1. The highest BCUT2D eigenvalue weighted by Gasteiger charge is 2.22. The van der Waals surface area contributed by atoms with E-state index in [9.17, 15) is 9.59 Å². The van der Waals surface area contributed by atoms with Crippen LogP contribution in [0.15, 0.2) is 36.4 Å². The summed E-state index contributed by atoms with van der Waals surface area (Å²) in [7, 11) is 0. The van der Waals surface area contributed by atoms with Crippen molar-refractivity contribution in [1.29, 1.82) is 0 Å². The fourth-order valence-corrected chi connectivity index (χ4v) is 3.31. The van der Waals surface area contributed by atoms with Crippen LogP contribution in [0.2, 0.25) is 0 Å². The molecule has 0 heterocycles. The minimum atomic E-state index is -0.860. The van der Waals surface area contributed by atoms with Gasteiger partial charge in [0.2, 0.25) is 0 Å². The van der Waals surface area contributed by atoms with Crippen LogP contribution < -0.4 is 0 Å². The van der Waals surface area contributed by atoms with Gasteiger partial charge in [-0.05, 0) is 75.1 Å². The zero-order valence-electron chi connectivity index (χ0n) is 23.7. The monoisotopic (exact) mass is 466 g/mol. The average molecular weight is 467 g/mol. The number of carbonyl (C=O) groups is 2. The first kappa shape index (κ1) is 29.6. The molecule has 0 atom stereocenters. The van der Waals surface area contributed by atoms with Crippen LogP contribution in [0.3, 0.4) is 0 Å². The van der Waals surface area contributed by atoms with Crippen molar-refractivity contribution in [2.24, 2.45) is 0 Å². The zero-order valence-corrected chi connectivity index (χ0v) is 23.7. The first-order chi connectivity index (χ1) is 15.0. The largest absolute Gasteiger partial charge is 0.478 e. The van der Waals surface area contributed by atoms with Gasteiger partial charge in [-0.2, -0.15) is 0 Å². The smallest absolute Gasteiger partial charge is 0.335 e. The maximum absolute atomic E-state index is 11.6. The number of carboxylic acid groups (broad SMARTS) is 1. The predicted octanol–water partition coefficient (Wildman–Crippen LogP) is 8.46. The molecule has 0 spiro atoms. The lowest BCUT2D eigenvalue weighted by Gasteiger charge is -2.25. The van der Waals surface area contributed by atoms with E-state index < -0.39 is 5.97 Å². The van der Waals surface area contributed by atoms with Gasteiger partial charge in [0.25, 0.3) is 0 Å². The molecule has 0 unspecified atom stereocenters. The van der Waals surface area contributed by atoms with Crippen LogP contribution in [-0.2, 0) is 21.7 Å². The van der Waals surface area contributed by atoms with E-state index in [-0.39, 0.29) is 27.4 Å². The minimum Gasteiger partial charge on any atom is -0.478 e. The Labute approximate surface area is 208 Å². The summed E-state index contributed by atoms with van der Waals surface area (Å²) in [5.74, 6) is -0.719. The molecule has 2 rings (SSSR count). The minimum absolute atomic E-state index is 0.0362. The Morgan fingerprint density at radius 3 is 0.912 bits per heavy atom. The van der Waals surface area contributed by atoms with Gasteiger partial charge in [-0.25, -0.2) is 4.79 Å². The predicted molar refractivity (Wildman–Crippen MR) is 145 cm³/mol. The van der Waals surface area contributed by atoms with Crippen LogP contribution in [0.25, 0.3) is 0 Å². The second-order valence-electron chi connectivity index (χ2n) is 13.5. The molecule has 0 bridgehead atoms. The summed E-state index contributed by atoms with van der Waals surface area (Å²) in [4.78, 5) is 22.8. The summed E-state index contributed by atoms with van der Waals surface area (Å²) in [6.07, 6.45) is 0. The lowest BCUT2D eigenvalue weighted by molar-refractivity contribution is 0.0696. The molecule has 2 aromatic carbocycles. The van der Waals surface area contributed by atoms with Crippen molar-refractivity contribution in [3.63, 3.8) is 0 Å². The van der Waals surface area contributed by atoms with E-state index in [1.807, 2.05) is 12.1 Å². The standard InChI is InChI=1S/C16H24O.C15H22O2/c1-11(17)12-8-13(15(2,3)4)10-14(9-12)16(5,6)7;1-14(2,3)11-7-10(13(16)17)8-12(9-11)15(4,5)6/h8-10H,1-7H3;7-9H,1-6H3,(H,16,17). The number of hydrogen-bond acceptors (Lipinski definition) is 2. The van der Waals surface area contributed by atoms with Gasteiger partial charge in [-0.1, -0.05) is 95.2 Å². The average Bonchev–Trinajstić information content (AvgIpc) is 2.65. The Bertz CT molecular complexity index is 880. The van der Waals surface area contributed by atoms with Gasteiger partial charge in [0.15, 0.2) is 5.78 Å². The molecule has 0 fully saturated rings. The van der Waals surface area contributed by atoms with Crippen molar-refractivity contribution >= 4 is 11.8 Å². The van der Waals surface area contributed by atoms with E-state index >= 15 is 0 Å².